The summed E-state index contributed by atoms with van der Waals surface area (Å²) in [6, 6.07) is 3.57. The predicted octanol–water partition coefficient (Wildman–Crippen LogP) is 0.893. The molecule has 0 bridgehead atoms. The Morgan fingerprint density at radius 2 is 2.21 bits per heavy atom. The molecule has 0 aliphatic carbocycles. The van der Waals surface area contributed by atoms with Crippen LogP contribution in [-0.4, -0.2) is 30.9 Å². The topological polar surface area (TPSA) is 75.3 Å². The Hall–Kier alpha value is -1.40. The van der Waals surface area contributed by atoms with Gasteiger partial charge < -0.3 is 15.6 Å². The SMILES string of the molecule is [B]C(=O)[C@H](NC(O)CC)[C@@H](C)c1ccc(N)c(F)c1. The van der Waals surface area contributed by atoms with E-state index >= 15 is 0 Å². The number of nitrogen functional groups attached to an aromatic ring is 1. The number of nitrogens with one attached hydrogen (secondary N) is 1. The lowest BCUT2D eigenvalue weighted by atomic mass is 9.83. The van der Waals surface area contributed by atoms with Crippen LogP contribution in [0.3, 0.4) is 0 Å². The van der Waals surface area contributed by atoms with Crippen LogP contribution in [0.1, 0.15) is 31.7 Å². The lowest BCUT2D eigenvalue weighted by molar-refractivity contribution is -0.115. The average molecular weight is 264 g/mol. The Balaban J connectivity index is 2.95. The molecule has 1 aromatic rings. The minimum Gasteiger partial charge on any atom is -0.396 e. The fourth-order valence-electron chi connectivity index (χ4n) is 1.82. The second-order valence-corrected chi connectivity index (χ2v) is 4.54. The number of rotatable bonds is 6. The van der Waals surface area contributed by atoms with Crippen LogP contribution in [0.15, 0.2) is 18.2 Å². The highest BCUT2D eigenvalue weighted by atomic mass is 19.1. The Morgan fingerprint density at radius 1 is 1.58 bits per heavy atom. The zero-order valence-corrected chi connectivity index (χ0v) is 11.1. The van der Waals surface area contributed by atoms with Crippen LogP contribution in [0.5, 0.6) is 0 Å². The molecule has 0 amide bonds. The summed E-state index contributed by atoms with van der Waals surface area (Å²) in [4.78, 5) is 11.4. The van der Waals surface area contributed by atoms with E-state index in [2.05, 4.69) is 5.32 Å². The zero-order valence-electron chi connectivity index (χ0n) is 11.1. The van der Waals surface area contributed by atoms with E-state index < -0.39 is 23.8 Å². The van der Waals surface area contributed by atoms with E-state index in [0.717, 1.165) is 0 Å². The van der Waals surface area contributed by atoms with Crippen LogP contribution in [0.2, 0.25) is 0 Å². The molecule has 1 rings (SSSR count). The van der Waals surface area contributed by atoms with Crippen molar-refractivity contribution in [2.45, 2.75) is 38.5 Å². The highest BCUT2D eigenvalue weighted by Gasteiger charge is 2.24. The van der Waals surface area contributed by atoms with E-state index in [4.69, 9.17) is 13.6 Å². The molecule has 0 fully saturated rings. The van der Waals surface area contributed by atoms with Crippen molar-refractivity contribution in [2.75, 3.05) is 5.73 Å². The van der Waals surface area contributed by atoms with Crippen LogP contribution >= 0.6 is 0 Å². The first-order valence-corrected chi connectivity index (χ1v) is 6.15. The molecule has 0 spiro atoms. The molecule has 4 nitrogen and oxygen atoms in total. The maximum Gasteiger partial charge on any atom is 0.170 e. The lowest BCUT2D eigenvalue weighted by Gasteiger charge is -2.26. The molecule has 0 saturated carbocycles. The Bertz CT molecular complexity index is 456. The highest BCUT2D eigenvalue weighted by molar-refractivity contribution is 6.59. The van der Waals surface area contributed by atoms with Crippen LogP contribution in [0, 0.1) is 5.82 Å². The third-order valence-electron chi connectivity index (χ3n) is 3.12. The van der Waals surface area contributed by atoms with Gasteiger partial charge in [-0.1, -0.05) is 19.9 Å². The number of hydrogen-bond acceptors (Lipinski definition) is 4. The molecule has 0 heterocycles. The van der Waals surface area contributed by atoms with Crippen molar-refractivity contribution in [3.8, 4) is 0 Å². The van der Waals surface area contributed by atoms with Gasteiger partial charge in [0.2, 0.25) is 0 Å². The fraction of sp³-hybridized carbons (Fsp3) is 0.462. The summed E-state index contributed by atoms with van der Waals surface area (Å²) in [5, 5.41) is 12.3. The van der Waals surface area contributed by atoms with Crippen molar-refractivity contribution in [1.82, 2.24) is 5.32 Å². The first-order chi connectivity index (χ1) is 8.86. The van der Waals surface area contributed by atoms with Gasteiger partial charge in [0.1, 0.15) is 12.0 Å². The molecular formula is C13H18BFN2O2. The standard InChI is InChI=1S/C13H18BFN2O2/c1-3-11(18)17-12(13(14)19)7(2)8-4-5-10(16)9(15)6-8/h4-7,11-12,17-18H,3,16H2,1-2H3/t7-,11?,12+/m0/s1. The second kappa shape index (κ2) is 6.68. The van der Waals surface area contributed by atoms with Gasteiger partial charge in [0, 0.05) is 5.92 Å². The second-order valence-electron chi connectivity index (χ2n) is 4.54. The zero-order chi connectivity index (χ0) is 14.6. The molecule has 1 unspecified atom stereocenters. The summed E-state index contributed by atoms with van der Waals surface area (Å²) in [7, 11) is 5.31. The largest absolute Gasteiger partial charge is 0.396 e. The number of halogens is 1. The van der Waals surface area contributed by atoms with E-state index in [1.807, 2.05) is 0 Å². The van der Waals surface area contributed by atoms with Crippen molar-refractivity contribution < 1.29 is 14.3 Å². The van der Waals surface area contributed by atoms with Crippen molar-refractivity contribution in [3.05, 3.63) is 29.6 Å². The van der Waals surface area contributed by atoms with Gasteiger partial charge in [-0.2, -0.15) is 0 Å². The van der Waals surface area contributed by atoms with Crippen molar-refractivity contribution in [2.24, 2.45) is 0 Å². The van der Waals surface area contributed by atoms with Crippen LogP contribution in [-0.2, 0) is 4.79 Å². The molecule has 2 radical (unpaired) electrons. The number of nitrogens with two attached hydrogens (primary N) is 1. The van der Waals surface area contributed by atoms with Gasteiger partial charge >= 0.3 is 0 Å². The summed E-state index contributed by atoms with van der Waals surface area (Å²) < 4.78 is 13.4. The fourth-order valence-corrected chi connectivity index (χ4v) is 1.82. The Labute approximate surface area is 113 Å². The number of aliphatic hydroxyl groups is 1. The summed E-state index contributed by atoms with van der Waals surface area (Å²) >= 11 is 0. The van der Waals surface area contributed by atoms with Gasteiger partial charge in [0.15, 0.2) is 7.85 Å². The maximum atomic E-state index is 13.4. The molecule has 0 aromatic heterocycles. The van der Waals surface area contributed by atoms with Crippen LogP contribution in [0.4, 0.5) is 10.1 Å². The molecule has 4 N–H and O–H groups in total. The number of carbonyl (C=O) groups excluding carboxylic acids is 1. The molecule has 0 aliphatic rings. The number of hydrogen-bond donors (Lipinski definition) is 3. The molecule has 102 valence electrons. The number of aliphatic hydroxyl groups excluding tert-OH is 1. The van der Waals surface area contributed by atoms with Gasteiger partial charge in [-0.3, -0.25) is 5.32 Å². The Kier molecular flexibility index (Phi) is 5.51. The summed E-state index contributed by atoms with van der Waals surface area (Å²) in [6.07, 6.45) is -0.398. The predicted molar refractivity (Wildman–Crippen MR) is 73.2 cm³/mol. The molecule has 0 saturated heterocycles. The van der Waals surface area contributed by atoms with Crippen molar-refractivity contribution >= 4 is 19.2 Å². The van der Waals surface area contributed by atoms with E-state index in [1.54, 1.807) is 19.9 Å². The monoisotopic (exact) mass is 264 g/mol. The molecule has 1 aromatic carbocycles. The maximum absolute atomic E-state index is 13.4. The van der Waals surface area contributed by atoms with E-state index in [-0.39, 0.29) is 11.6 Å². The normalized spacial score (nSPS) is 15.8. The third-order valence-corrected chi connectivity index (χ3v) is 3.12. The van der Waals surface area contributed by atoms with Gasteiger partial charge in [-0.25, -0.2) is 4.39 Å². The molecule has 6 heteroatoms. The smallest absolute Gasteiger partial charge is 0.170 e. The summed E-state index contributed by atoms with van der Waals surface area (Å²) in [5.41, 5.74) is 5.44. The highest BCUT2D eigenvalue weighted by Crippen LogP contribution is 2.23. The number of benzene rings is 1. The summed E-state index contributed by atoms with van der Waals surface area (Å²) in [5.74, 6) is -0.919. The van der Waals surface area contributed by atoms with E-state index in [1.165, 1.54) is 12.1 Å². The molecule has 3 atom stereocenters. The van der Waals surface area contributed by atoms with E-state index in [0.29, 0.717) is 12.0 Å². The van der Waals surface area contributed by atoms with Gasteiger partial charge in [0.25, 0.3) is 0 Å². The van der Waals surface area contributed by atoms with Gasteiger partial charge in [-0.15, -0.1) is 0 Å². The van der Waals surface area contributed by atoms with Crippen LogP contribution in [0.25, 0.3) is 0 Å². The third kappa shape index (κ3) is 4.04. The van der Waals surface area contributed by atoms with Gasteiger partial charge in [0.05, 0.1) is 17.4 Å². The Morgan fingerprint density at radius 3 is 2.68 bits per heavy atom. The van der Waals surface area contributed by atoms with E-state index in [9.17, 15) is 14.3 Å². The first kappa shape index (κ1) is 15.7. The molecular weight excluding hydrogens is 246 g/mol. The minimum absolute atomic E-state index is 0.0492. The lowest BCUT2D eigenvalue weighted by Crippen LogP contribution is -2.46. The summed E-state index contributed by atoms with van der Waals surface area (Å²) in [6.45, 7) is 3.50. The quantitative estimate of drug-likeness (QED) is 0.405. The minimum atomic E-state index is -0.835. The molecule has 0 aliphatic heterocycles. The van der Waals surface area contributed by atoms with Gasteiger partial charge in [-0.05, 0) is 24.1 Å². The molecule has 19 heavy (non-hydrogen) atoms. The number of anilines is 1. The van der Waals surface area contributed by atoms with Crippen molar-refractivity contribution in [3.63, 3.8) is 0 Å². The van der Waals surface area contributed by atoms with Crippen LogP contribution < -0.4 is 11.1 Å². The number of carbonyl (C=O) groups is 1. The average Bonchev–Trinajstić information content (AvgIpc) is 2.37. The first-order valence-electron chi connectivity index (χ1n) is 6.15. The van der Waals surface area contributed by atoms with Crippen molar-refractivity contribution in [1.29, 1.82) is 0 Å².